The van der Waals surface area contributed by atoms with Gasteiger partial charge in [-0.1, -0.05) is 29.0 Å². The Morgan fingerprint density at radius 1 is 1.17 bits per heavy atom. The van der Waals surface area contributed by atoms with Gasteiger partial charge < -0.3 is 15.0 Å². The second kappa shape index (κ2) is 9.64. The van der Waals surface area contributed by atoms with Gasteiger partial charge in [0, 0.05) is 44.3 Å². The second-order valence-electron chi connectivity index (χ2n) is 7.39. The fourth-order valence-corrected chi connectivity index (χ4v) is 4.64. The standard InChI is InChI=1S/C22H25ClN4O2S/c1-16-2-7-19-20(14-16)30-22(25-19)27-12-10-26(11-13-27)9-8-24-21(28)15-29-18-5-3-17(23)4-6-18/h2-7,14H,8-13,15H2,1H3,(H,24,28). The van der Waals surface area contributed by atoms with E-state index in [4.69, 9.17) is 21.3 Å². The van der Waals surface area contributed by atoms with Crippen molar-refractivity contribution in [2.75, 3.05) is 50.8 Å². The van der Waals surface area contributed by atoms with Crippen LogP contribution in [0.4, 0.5) is 5.13 Å². The summed E-state index contributed by atoms with van der Waals surface area (Å²) >= 11 is 7.60. The lowest BCUT2D eigenvalue weighted by atomic mass is 10.2. The Labute approximate surface area is 185 Å². The molecule has 0 radical (unpaired) electrons. The lowest BCUT2D eigenvalue weighted by Crippen LogP contribution is -2.48. The molecule has 0 atom stereocenters. The zero-order valence-corrected chi connectivity index (χ0v) is 18.5. The van der Waals surface area contributed by atoms with Gasteiger partial charge in [0.1, 0.15) is 5.75 Å². The number of nitrogens with one attached hydrogen (secondary N) is 1. The lowest BCUT2D eigenvalue weighted by molar-refractivity contribution is -0.123. The maximum absolute atomic E-state index is 12.0. The number of carbonyl (C=O) groups excluding carboxylic acids is 1. The minimum atomic E-state index is -0.117. The Morgan fingerprint density at radius 2 is 1.93 bits per heavy atom. The molecular formula is C22H25ClN4O2S. The van der Waals surface area contributed by atoms with Gasteiger partial charge in [-0.15, -0.1) is 0 Å². The van der Waals surface area contributed by atoms with Crippen molar-refractivity contribution in [3.8, 4) is 5.75 Å². The second-order valence-corrected chi connectivity index (χ2v) is 8.83. The quantitative estimate of drug-likeness (QED) is 0.603. The van der Waals surface area contributed by atoms with E-state index < -0.39 is 0 Å². The van der Waals surface area contributed by atoms with Gasteiger partial charge in [-0.3, -0.25) is 9.69 Å². The van der Waals surface area contributed by atoms with Crippen LogP contribution in [0.5, 0.6) is 5.75 Å². The Balaban J connectivity index is 1.16. The van der Waals surface area contributed by atoms with Gasteiger partial charge in [-0.2, -0.15) is 0 Å². The Morgan fingerprint density at radius 3 is 2.70 bits per heavy atom. The number of benzene rings is 2. The van der Waals surface area contributed by atoms with Crippen LogP contribution in [0.3, 0.4) is 0 Å². The fourth-order valence-electron chi connectivity index (χ4n) is 3.40. The summed E-state index contributed by atoms with van der Waals surface area (Å²) in [5.41, 5.74) is 2.34. The van der Waals surface area contributed by atoms with Gasteiger partial charge in [0.25, 0.3) is 5.91 Å². The van der Waals surface area contributed by atoms with Crippen LogP contribution in [0, 0.1) is 6.92 Å². The van der Waals surface area contributed by atoms with Gasteiger partial charge in [-0.05, 0) is 48.9 Å². The van der Waals surface area contributed by atoms with E-state index >= 15 is 0 Å². The van der Waals surface area contributed by atoms with Crippen LogP contribution >= 0.6 is 22.9 Å². The average molecular weight is 445 g/mol. The van der Waals surface area contributed by atoms with Gasteiger partial charge in [0.2, 0.25) is 0 Å². The highest BCUT2D eigenvalue weighted by Crippen LogP contribution is 2.30. The smallest absolute Gasteiger partial charge is 0.257 e. The van der Waals surface area contributed by atoms with Crippen LogP contribution in [0.25, 0.3) is 10.2 Å². The first-order valence-corrected chi connectivity index (χ1v) is 11.3. The van der Waals surface area contributed by atoms with Crippen molar-refractivity contribution < 1.29 is 9.53 Å². The molecule has 0 unspecified atom stereocenters. The van der Waals surface area contributed by atoms with E-state index in [1.165, 1.54) is 10.3 Å². The molecule has 1 saturated heterocycles. The molecule has 2 aromatic carbocycles. The van der Waals surface area contributed by atoms with Crippen LogP contribution < -0.4 is 15.0 Å². The van der Waals surface area contributed by atoms with Crippen LogP contribution in [0.2, 0.25) is 5.02 Å². The number of halogens is 1. The van der Waals surface area contributed by atoms with Crippen LogP contribution in [-0.4, -0.2) is 61.7 Å². The number of anilines is 1. The summed E-state index contributed by atoms with van der Waals surface area (Å²) in [5.74, 6) is 0.518. The summed E-state index contributed by atoms with van der Waals surface area (Å²) in [6.45, 7) is 7.40. The highest BCUT2D eigenvalue weighted by atomic mass is 35.5. The third kappa shape index (κ3) is 5.41. The first-order valence-electron chi connectivity index (χ1n) is 10.1. The maximum Gasteiger partial charge on any atom is 0.257 e. The van der Waals surface area contributed by atoms with E-state index in [2.05, 4.69) is 40.2 Å². The van der Waals surface area contributed by atoms with Crippen molar-refractivity contribution >= 4 is 44.2 Å². The van der Waals surface area contributed by atoms with Gasteiger partial charge in [0.15, 0.2) is 11.7 Å². The predicted molar refractivity (Wildman–Crippen MR) is 123 cm³/mol. The van der Waals surface area contributed by atoms with Crippen molar-refractivity contribution in [2.45, 2.75) is 6.92 Å². The molecule has 0 spiro atoms. The highest BCUT2D eigenvalue weighted by Gasteiger charge is 2.19. The number of nitrogens with zero attached hydrogens (tertiary/aromatic N) is 3. The van der Waals surface area contributed by atoms with Crippen molar-refractivity contribution in [3.05, 3.63) is 53.1 Å². The molecule has 3 aromatic rings. The fraction of sp³-hybridized carbons (Fsp3) is 0.364. The molecule has 0 bridgehead atoms. The largest absolute Gasteiger partial charge is 0.484 e. The number of hydrogen-bond donors (Lipinski definition) is 1. The number of ether oxygens (including phenoxy) is 1. The number of rotatable bonds is 7. The van der Waals surface area contributed by atoms with Crippen molar-refractivity contribution in [1.29, 1.82) is 0 Å². The normalized spacial score (nSPS) is 14.8. The Kier molecular flexibility index (Phi) is 6.72. The summed E-state index contributed by atoms with van der Waals surface area (Å²) < 4.78 is 6.71. The van der Waals surface area contributed by atoms with E-state index in [9.17, 15) is 4.79 Å². The molecule has 30 heavy (non-hydrogen) atoms. The minimum Gasteiger partial charge on any atom is -0.484 e. The molecule has 4 rings (SSSR count). The van der Waals surface area contributed by atoms with Gasteiger partial charge in [0.05, 0.1) is 10.2 Å². The topological polar surface area (TPSA) is 57.7 Å². The Hall–Kier alpha value is -2.35. The third-order valence-corrected chi connectivity index (χ3v) is 6.44. The molecule has 1 aromatic heterocycles. The van der Waals surface area contributed by atoms with Crippen molar-refractivity contribution in [3.63, 3.8) is 0 Å². The van der Waals surface area contributed by atoms with Crippen LogP contribution in [0.15, 0.2) is 42.5 Å². The molecule has 0 aliphatic carbocycles. The van der Waals surface area contributed by atoms with Gasteiger partial charge in [-0.25, -0.2) is 4.98 Å². The molecular weight excluding hydrogens is 420 g/mol. The molecule has 1 amide bonds. The summed E-state index contributed by atoms with van der Waals surface area (Å²) in [6.07, 6.45) is 0. The van der Waals surface area contributed by atoms with Gasteiger partial charge >= 0.3 is 0 Å². The predicted octanol–water partition coefficient (Wildman–Crippen LogP) is 3.58. The molecule has 0 saturated carbocycles. The molecule has 1 aliphatic heterocycles. The number of hydrogen-bond acceptors (Lipinski definition) is 6. The van der Waals surface area contributed by atoms with E-state index in [1.54, 1.807) is 35.6 Å². The number of aryl methyl sites for hydroxylation is 1. The first kappa shape index (κ1) is 20.9. The first-order chi connectivity index (χ1) is 14.6. The van der Waals surface area contributed by atoms with Crippen molar-refractivity contribution in [2.24, 2.45) is 0 Å². The molecule has 8 heteroatoms. The number of fused-ring (bicyclic) bond motifs is 1. The molecule has 2 heterocycles. The molecule has 6 nitrogen and oxygen atoms in total. The number of aromatic nitrogens is 1. The monoisotopic (exact) mass is 444 g/mol. The third-order valence-electron chi connectivity index (χ3n) is 5.11. The van der Waals surface area contributed by atoms with E-state index in [-0.39, 0.29) is 12.5 Å². The molecule has 158 valence electrons. The maximum atomic E-state index is 12.0. The average Bonchev–Trinajstić information content (AvgIpc) is 3.17. The number of thiazole rings is 1. The number of carbonyl (C=O) groups is 1. The zero-order chi connectivity index (χ0) is 20.9. The minimum absolute atomic E-state index is 0.00644. The zero-order valence-electron chi connectivity index (χ0n) is 16.9. The molecule has 1 fully saturated rings. The van der Waals surface area contributed by atoms with Crippen LogP contribution in [0.1, 0.15) is 5.56 Å². The van der Waals surface area contributed by atoms with E-state index in [0.29, 0.717) is 17.3 Å². The SMILES string of the molecule is Cc1ccc2nc(N3CCN(CCNC(=O)COc4ccc(Cl)cc4)CC3)sc2c1. The van der Waals surface area contributed by atoms with E-state index in [0.717, 1.165) is 43.4 Å². The number of piperazine rings is 1. The lowest BCUT2D eigenvalue weighted by Gasteiger charge is -2.34. The Bertz CT molecular complexity index is 1000. The summed E-state index contributed by atoms with van der Waals surface area (Å²) in [6, 6.07) is 13.4. The molecule has 1 N–H and O–H groups in total. The van der Waals surface area contributed by atoms with E-state index in [1.807, 2.05) is 0 Å². The summed E-state index contributed by atoms with van der Waals surface area (Å²) in [4.78, 5) is 21.5. The van der Waals surface area contributed by atoms with Crippen molar-refractivity contribution in [1.82, 2.24) is 15.2 Å². The number of amides is 1. The highest BCUT2D eigenvalue weighted by molar-refractivity contribution is 7.22. The summed E-state index contributed by atoms with van der Waals surface area (Å²) in [7, 11) is 0. The molecule has 1 aliphatic rings. The summed E-state index contributed by atoms with van der Waals surface area (Å²) in [5, 5.41) is 4.67. The van der Waals surface area contributed by atoms with Crippen LogP contribution in [-0.2, 0) is 4.79 Å².